The first-order valence-electron chi connectivity index (χ1n) is 8.95. The van der Waals surface area contributed by atoms with Crippen LogP contribution in [0.4, 0.5) is 0 Å². The Kier molecular flexibility index (Phi) is 10.1. The highest BCUT2D eigenvalue weighted by molar-refractivity contribution is 5.85. The summed E-state index contributed by atoms with van der Waals surface area (Å²) in [7, 11) is 1.61. The largest absolute Gasteiger partial charge is 0.497 e. The fourth-order valence-electron chi connectivity index (χ4n) is 3.22. The summed E-state index contributed by atoms with van der Waals surface area (Å²) in [6.45, 7) is 0.373. The van der Waals surface area contributed by atoms with Crippen LogP contribution in [0.15, 0.2) is 42.6 Å². The number of nitrogens with two attached hydrogens (primary N) is 1. The number of rotatable bonds is 6. The molecule has 2 aromatic rings. The quantitative estimate of drug-likeness (QED) is 0.730. The van der Waals surface area contributed by atoms with Gasteiger partial charge in [0, 0.05) is 36.3 Å². The van der Waals surface area contributed by atoms with Crippen molar-refractivity contribution in [2.75, 3.05) is 7.11 Å². The summed E-state index contributed by atoms with van der Waals surface area (Å²) < 4.78 is 11.1. The number of hydrogen-bond acceptors (Lipinski definition) is 5. The second-order valence-electron chi connectivity index (χ2n) is 6.59. The summed E-state index contributed by atoms with van der Waals surface area (Å²) in [5.41, 5.74) is 6.81. The van der Waals surface area contributed by atoms with E-state index in [1.54, 1.807) is 19.4 Å². The predicted molar refractivity (Wildman–Crippen MR) is 114 cm³/mol. The number of hydrogen-bond donors (Lipinski definition) is 2. The van der Waals surface area contributed by atoms with E-state index < -0.39 is 0 Å². The number of ether oxygens (including phenoxy) is 2. The lowest BCUT2D eigenvalue weighted by atomic mass is 9.85. The zero-order chi connectivity index (χ0) is 18.4. The molecule has 6 nitrogen and oxygen atoms in total. The van der Waals surface area contributed by atoms with Crippen LogP contribution in [0, 0.1) is 5.92 Å². The third-order valence-electron chi connectivity index (χ3n) is 4.64. The van der Waals surface area contributed by atoms with Crippen molar-refractivity contribution in [2.24, 2.45) is 11.7 Å². The minimum absolute atomic E-state index is 0. The lowest BCUT2D eigenvalue weighted by molar-refractivity contribution is -0.126. The first kappa shape index (κ1) is 24.0. The van der Waals surface area contributed by atoms with Crippen molar-refractivity contribution in [3.8, 4) is 17.4 Å². The van der Waals surface area contributed by atoms with Gasteiger partial charge in [0.2, 0.25) is 11.8 Å². The van der Waals surface area contributed by atoms with Crippen LogP contribution in [0.1, 0.15) is 31.2 Å². The molecule has 0 bridgehead atoms. The van der Waals surface area contributed by atoms with Crippen molar-refractivity contribution in [3.05, 3.63) is 48.2 Å². The van der Waals surface area contributed by atoms with Gasteiger partial charge in [-0.15, -0.1) is 24.8 Å². The van der Waals surface area contributed by atoms with Gasteiger partial charge in [-0.2, -0.15) is 0 Å². The summed E-state index contributed by atoms with van der Waals surface area (Å²) in [5.74, 6) is 1.87. The molecule has 0 radical (unpaired) electrons. The van der Waals surface area contributed by atoms with Crippen molar-refractivity contribution in [3.63, 3.8) is 0 Å². The molecule has 1 aromatic heterocycles. The van der Waals surface area contributed by atoms with E-state index in [9.17, 15) is 4.79 Å². The van der Waals surface area contributed by atoms with Crippen molar-refractivity contribution in [2.45, 2.75) is 38.3 Å². The van der Waals surface area contributed by atoms with Crippen LogP contribution in [0.5, 0.6) is 17.4 Å². The van der Waals surface area contributed by atoms with Crippen LogP contribution in [0.2, 0.25) is 0 Å². The highest BCUT2D eigenvalue weighted by Crippen LogP contribution is 2.27. The molecule has 0 aliphatic heterocycles. The van der Waals surface area contributed by atoms with Gasteiger partial charge in [-0.3, -0.25) is 4.79 Å². The molecule has 154 valence electrons. The maximum atomic E-state index is 12.4. The zero-order valence-corrected chi connectivity index (χ0v) is 17.4. The van der Waals surface area contributed by atoms with Crippen molar-refractivity contribution in [1.29, 1.82) is 0 Å². The lowest BCUT2D eigenvalue weighted by Crippen LogP contribution is -2.37. The Morgan fingerprint density at radius 3 is 2.75 bits per heavy atom. The Labute approximate surface area is 178 Å². The Morgan fingerprint density at radius 2 is 2.00 bits per heavy atom. The zero-order valence-electron chi connectivity index (χ0n) is 15.8. The van der Waals surface area contributed by atoms with Gasteiger partial charge in [-0.1, -0.05) is 18.6 Å². The fraction of sp³-hybridized carbons (Fsp3) is 0.400. The molecule has 3 rings (SSSR count). The molecular weight excluding hydrogens is 401 g/mol. The number of benzene rings is 1. The van der Waals surface area contributed by atoms with Gasteiger partial charge in [0.25, 0.3) is 0 Å². The van der Waals surface area contributed by atoms with E-state index in [4.69, 9.17) is 15.2 Å². The standard InChI is InChI=1S/C20H25N3O3.2ClH/c1-25-17-8-3-9-18(12-17)26-20-15(6-4-10-22-20)13-23-19(24)14-5-2-7-16(21)11-14;;/h3-4,6,8-10,12,14,16H,2,5,7,11,13,21H2,1H3,(H,23,24);2*1H. The summed E-state index contributed by atoms with van der Waals surface area (Å²) in [6.07, 6.45) is 5.34. The molecule has 2 unspecified atom stereocenters. The van der Waals surface area contributed by atoms with E-state index in [1.807, 2.05) is 30.3 Å². The summed E-state index contributed by atoms with van der Waals surface area (Å²) in [4.78, 5) is 16.7. The minimum Gasteiger partial charge on any atom is -0.497 e. The lowest BCUT2D eigenvalue weighted by Gasteiger charge is -2.25. The molecule has 2 atom stereocenters. The van der Waals surface area contributed by atoms with E-state index >= 15 is 0 Å². The third kappa shape index (κ3) is 6.55. The highest BCUT2D eigenvalue weighted by Gasteiger charge is 2.25. The molecule has 0 saturated heterocycles. The second kappa shape index (κ2) is 11.7. The minimum atomic E-state index is -0.00169. The Hall–Kier alpha value is -2.02. The normalized spacial score (nSPS) is 18.2. The molecule has 1 amide bonds. The average Bonchev–Trinajstić information content (AvgIpc) is 2.67. The molecule has 1 aliphatic carbocycles. The van der Waals surface area contributed by atoms with E-state index in [0.717, 1.165) is 31.2 Å². The smallest absolute Gasteiger partial charge is 0.224 e. The molecule has 1 saturated carbocycles. The first-order chi connectivity index (χ1) is 12.7. The SMILES string of the molecule is COc1cccc(Oc2ncccc2CNC(=O)C2CCCC(N)C2)c1.Cl.Cl. The van der Waals surface area contributed by atoms with Crippen LogP contribution in [0.25, 0.3) is 0 Å². The fourth-order valence-corrected chi connectivity index (χ4v) is 3.22. The molecule has 0 spiro atoms. The number of nitrogens with zero attached hydrogens (tertiary/aromatic N) is 1. The van der Waals surface area contributed by atoms with Gasteiger partial charge in [0.1, 0.15) is 11.5 Å². The highest BCUT2D eigenvalue weighted by atomic mass is 35.5. The number of aromatic nitrogens is 1. The Bertz CT molecular complexity index is 761. The van der Waals surface area contributed by atoms with E-state index in [1.165, 1.54) is 0 Å². The maximum Gasteiger partial charge on any atom is 0.224 e. The average molecular weight is 428 g/mol. The summed E-state index contributed by atoms with van der Waals surface area (Å²) >= 11 is 0. The van der Waals surface area contributed by atoms with Crippen LogP contribution < -0.4 is 20.5 Å². The molecule has 3 N–H and O–H groups in total. The van der Waals surface area contributed by atoms with Gasteiger partial charge in [0.15, 0.2) is 0 Å². The van der Waals surface area contributed by atoms with Gasteiger partial charge in [0.05, 0.1) is 7.11 Å². The first-order valence-corrected chi connectivity index (χ1v) is 8.95. The molecule has 28 heavy (non-hydrogen) atoms. The van der Waals surface area contributed by atoms with Gasteiger partial charge in [-0.25, -0.2) is 4.98 Å². The second-order valence-corrected chi connectivity index (χ2v) is 6.59. The Morgan fingerprint density at radius 1 is 1.21 bits per heavy atom. The van der Waals surface area contributed by atoms with Crippen molar-refractivity contribution >= 4 is 30.7 Å². The number of carbonyl (C=O) groups is 1. The number of methoxy groups -OCH3 is 1. The molecular formula is C20H27Cl2N3O3. The predicted octanol–water partition coefficient (Wildman–Crippen LogP) is 3.86. The molecule has 1 aliphatic rings. The molecule has 1 aromatic carbocycles. The van der Waals surface area contributed by atoms with Crippen LogP contribution in [0.3, 0.4) is 0 Å². The number of nitrogens with one attached hydrogen (secondary N) is 1. The van der Waals surface area contributed by atoms with Crippen molar-refractivity contribution < 1.29 is 14.3 Å². The van der Waals surface area contributed by atoms with E-state index in [2.05, 4.69) is 10.3 Å². The summed E-state index contributed by atoms with van der Waals surface area (Å²) in [5, 5.41) is 3.00. The number of pyridine rings is 1. The van der Waals surface area contributed by atoms with Crippen molar-refractivity contribution in [1.82, 2.24) is 10.3 Å². The van der Waals surface area contributed by atoms with Crippen LogP contribution >= 0.6 is 24.8 Å². The van der Waals surface area contributed by atoms with Crippen LogP contribution in [-0.2, 0) is 11.3 Å². The van der Waals surface area contributed by atoms with Gasteiger partial charge >= 0.3 is 0 Å². The van der Waals surface area contributed by atoms with E-state index in [-0.39, 0.29) is 42.7 Å². The van der Waals surface area contributed by atoms with Gasteiger partial charge < -0.3 is 20.5 Å². The summed E-state index contributed by atoms with van der Waals surface area (Å²) in [6, 6.07) is 11.2. The third-order valence-corrected chi connectivity index (χ3v) is 4.64. The Balaban J connectivity index is 0.00000196. The van der Waals surface area contributed by atoms with E-state index in [0.29, 0.717) is 23.9 Å². The molecule has 1 heterocycles. The number of halogens is 2. The number of carbonyl (C=O) groups excluding carboxylic acids is 1. The molecule has 1 fully saturated rings. The topological polar surface area (TPSA) is 86.5 Å². The van der Waals surface area contributed by atoms with Crippen LogP contribution in [-0.4, -0.2) is 24.0 Å². The monoisotopic (exact) mass is 427 g/mol. The van der Waals surface area contributed by atoms with Gasteiger partial charge in [-0.05, 0) is 37.5 Å². The maximum absolute atomic E-state index is 12.4. The number of amides is 1. The molecule has 8 heteroatoms.